The summed E-state index contributed by atoms with van der Waals surface area (Å²) < 4.78 is 16.8. The minimum Gasteiger partial charge on any atom is -0.393 e. The summed E-state index contributed by atoms with van der Waals surface area (Å²) in [5.41, 5.74) is 1.08. The van der Waals surface area contributed by atoms with Gasteiger partial charge in [-0.2, -0.15) is 0 Å². The van der Waals surface area contributed by atoms with Crippen molar-refractivity contribution in [3.63, 3.8) is 0 Å². The lowest BCUT2D eigenvalue weighted by Gasteiger charge is -2.38. The van der Waals surface area contributed by atoms with Crippen LogP contribution in [0, 0.1) is 17.8 Å². The van der Waals surface area contributed by atoms with Crippen molar-refractivity contribution >= 4 is 11.9 Å². The van der Waals surface area contributed by atoms with Gasteiger partial charge < -0.3 is 14.2 Å². The van der Waals surface area contributed by atoms with Crippen molar-refractivity contribution < 1.29 is 23.8 Å². The van der Waals surface area contributed by atoms with Crippen molar-refractivity contribution in [3.8, 4) is 0 Å². The molecule has 5 heteroatoms. The smallest absolute Gasteiger partial charge is 0.318 e. The molecule has 0 radical (unpaired) electrons. The highest BCUT2D eigenvalue weighted by atomic mass is 16.6. The highest BCUT2D eigenvalue weighted by Gasteiger charge is 2.51. The maximum atomic E-state index is 12.0. The predicted molar refractivity (Wildman–Crippen MR) is 72.1 cm³/mol. The third-order valence-corrected chi connectivity index (χ3v) is 5.03. The minimum absolute atomic E-state index is 0.0463. The molecule has 5 atom stereocenters. The standard InChI is InChI=1S/C16H18O5/c17-15-10-6-5-9-7-19-12-3-1-2-4-13(12)20-8-11(9)14(10)16(18)21-15/h1-2,5,10-14H,3-4,6-8H2/t10?,11?,12-,13-,14?/m0/s1. The summed E-state index contributed by atoms with van der Waals surface area (Å²) in [5, 5.41) is 0. The highest BCUT2D eigenvalue weighted by Crippen LogP contribution is 2.42. The lowest BCUT2D eigenvalue weighted by molar-refractivity contribution is -0.154. The first-order chi connectivity index (χ1) is 10.2. The van der Waals surface area contributed by atoms with E-state index in [9.17, 15) is 9.59 Å². The number of cyclic esters (lactones) is 2. The molecule has 2 fully saturated rings. The zero-order valence-electron chi connectivity index (χ0n) is 11.7. The maximum Gasteiger partial charge on any atom is 0.318 e. The van der Waals surface area contributed by atoms with Crippen molar-refractivity contribution in [3.05, 3.63) is 23.8 Å². The second-order valence-electron chi connectivity index (χ2n) is 6.16. The topological polar surface area (TPSA) is 61.8 Å². The summed E-state index contributed by atoms with van der Waals surface area (Å²) in [6.07, 6.45) is 8.69. The molecule has 0 bridgehead atoms. The number of allylic oxidation sites excluding steroid dienone is 1. The van der Waals surface area contributed by atoms with E-state index in [1.54, 1.807) is 0 Å². The summed E-state index contributed by atoms with van der Waals surface area (Å²) in [7, 11) is 0. The fourth-order valence-electron chi connectivity index (χ4n) is 3.82. The molecular weight excluding hydrogens is 272 g/mol. The molecule has 3 unspecified atom stereocenters. The average Bonchev–Trinajstić information content (AvgIpc) is 2.76. The molecular formula is C16H18O5. The maximum absolute atomic E-state index is 12.0. The molecule has 5 nitrogen and oxygen atoms in total. The summed E-state index contributed by atoms with van der Waals surface area (Å²) in [6, 6.07) is 0. The van der Waals surface area contributed by atoms with Gasteiger partial charge in [-0.3, -0.25) is 9.59 Å². The summed E-state index contributed by atoms with van der Waals surface area (Å²) >= 11 is 0. The number of hydrogen-bond donors (Lipinski definition) is 0. The molecule has 0 spiro atoms. The van der Waals surface area contributed by atoms with Crippen LogP contribution in [-0.4, -0.2) is 37.4 Å². The van der Waals surface area contributed by atoms with Crippen molar-refractivity contribution in [1.29, 1.82) is 0 Å². The normalized spacial score (nSPS) is 42.1. The molecule has 112 valence electrons. The molecule has 0 N–H and O–H groups in total. The van der Waals surface area contributed by atoms with E-state index in [2.05, 4.69) is 12.2 Å². The summed E-state index contributed by atoms with van der Waals surface area (Å²) in [5.74, 6) is -1.60. The number of ether oxygens (including phenoxy) is 3. The van der Waals surface area contributed by atoms with Crippen LogP contribution in [0.25, 0.3) is 0 Å². The van der Waals surface area contributed by atoms with Crippen LogP contribution in [0.2, 0.25) is 0 Å². The SMILES string of the molecule is O=C1OC(=O)C2C1CC=C1CO[C@H]3CC=CC[C@@H]3OCC12. The quantitative estimate of drug-likeness (QED) is 0.383. The van der Waals surface area contributed by atoms with E-state index in [0.29, 0.717) is 19.6 Å². The molecule has 4 rings (SSSR count). The first kappa shape index (κ1) is 13.2. The Balaban J connectivity index is 1.59. The first-order valence-electron chi connectivity index (χ1n) is 7.56. The fraction of sp³-hybridized carbons (Fsp3) is 0.625. The summed E-state index contributed by atoms with van der Waals surface area (Å²) in [4.78, 5) is 23.7. The molecule has 2 saturated heterocycles. The zero-order valence-corrected chi connectivity index (χ0v) is 11.7. The van der Waals surface area contributed by atoms with E-state index >= 15 is 0 Å². The molecule has 0 saturated carbocycles. The molecule has 2 heterocycles. The monoisotopic (exact) mass is 290 g/mol. The average molecular weight is 290 g/mol. The fourth-order valence-corrected chi connectivity index (χ4v) is 3.82. The molecule has 0 aromatic carbocycles. The van der Waals surface area contributed by atoms with Gasteiger partial charge in [0.25, 0.3) is 0 Å². The first-order valence-corrected chi connectivity index (χ1v) is 7.56. The van der Waals surface area contributed by atoms with E-state index in [4.69, 9.17) is 14.2 Å². The molecule has 0 amide bonds. The van der Waals surface area contributed by atoms with E-state index in [1.165, 1.54) is 0 Å². The molecule has 2 aliphatic heterocycles. The van der Waals surface area contributed by atoms with Gasteiger partial charge in [-0.25, -0.2) is 0 Å². The van der Waals surface area contributed by atoms with Crippen molar-refractivity contribution in [2.75, 3.05) is 13.2 Å². The molecule has 4 aliphatic rings. The lowest BCUT2D eigenvalue weighted by Crippen LogP contribution is -2.42. The summed E-state index contributed by atoms with van der Waals surface area (Å²) in [6.45, 7) is 0.988. The Morgan fingerprint density at radius 2 is 1.67 bits per heavy atom. The van der Waals surface area contributed by atoms with Crippen molar-refractivity contribution in [1.82, 2.24) is 0 Å². The van der Waals surface area contributed by atoms with Crippen molar-refractivity contribution in [2.24, 2.45) is 17.8 Å². The highest BCUT2D eigenvalue weighted by molar-refractivity contribution is 5.97. The van der Waals surface area contributed by atoms with Gasteiger partial charge in [-0.05, 0) is 24.8 Å². The van der Waals surface area contributed by atoms with Crippen LogP contribution in [0.3, 0.4) is 0 Å². The molecule has 0 aromatic rings. The van der Waals surface area contributed by atoms with Crippen LogP contribution in [0.4, 0.5) is 0 Å². The molecule has 2 aliphatic carbocycles. The van der Waals surface area contributed by atoms with Gasteiger partial charge in [-0.1, -0.05) is 18.2 Å². The Morgan fingerprint density at radius 3 is 2.48 bits per heavy atom. The third kappa shape index (κ3) is 2.15. The van der Waals surface area contributed by atoms with Gasteiger partial charge in [0.2, 0.25) is 0 Å². The van der Waals surface area contributed by atoms with E-state index < -0.39 is 11.9 Å². The number of carbonyl (C=O) groups is 2. The van der Waals surface area contributed by atoms with Crippen molar-refractivity contribution in [2.45, 2.75) is 31.5 Å². The van der Waals surface area contributed by atoms with E-state index in [0.717, 1.165) is 18.4 Å². The number of esters is 2. The van der Waals surface area contributed by atoms with E-state index in [1.807, 2.05) is 6.08 Å². The molecule has 21 heavy (non-hydrogen) atoms. The minimum atomic E-state index is -0.398. The van der Waals surface area contributed by atoms with Gasteiger partial charge in [0.1, 0.15) is 0 Å². The Bertz CT molecular complexity index is 535. The Morgan fingerprint density at radius 1 is 0.905 bits per heavy atom. The second kappa shape index (κ2) is 5.07. The van der Waals surface area contributed by atoms with Gasteiger partial charge in [0.05, 0.1) is 37.3 Å². The van der Waals surface area contributed by atoms with Crippen LogP contribution in [0.1, 0.15) is 19.3 Å². The van der Waals surface area contributed by atoms with Gasteiger partial charge >= 0.3 is 11.9 Å². The zero-order chi connectivity index (χ0) is 14.4. The third-order valence-electron chi connectivity index (χ3n) is 5.03. The van der Waals surface area contributed by atoms with Gasteiger partial charge in [0, 0.05) is 5.92 Å². The van der Waals surface area contributed by atoms with Crippen LogP contribution < -0.4 is 0 Å². The van der Waals surface area contributed by atoms with Gasteiger partial charge in [0.15, 0.2) is 0 Å². The predicted octanol–water partition coefficient (Wildman–Crippen LogP) is 1.38. The number of fused-ring (bicyclic) bond motifs is 4. The largest absolute Gasteiger partial charge is 0.393 e. The van der Waals surface area contributed by atoms with Crippen LogP contribution in [0.5, 0.6) is 0 Å². The molecule has 0 aromatic heterocycles. The van der Waals surface area contributed by atoms with Crippen LogP contribution in [-0.2, 0) is 23.8 Å². The van der Waals surface area contributed by atoms with E-state index in [-0.39, 0.29) is 30.0 Å². The lowest BCUT2D eigenvalue weighted by atomic mass is 9.73. The van der Waals surface area contributed by atoms with Crippen LogP contribution >= 0.6 is 0 Å². The number of rotatable bonds is 0. The van der Waals surface area contributed by atoms with Crippen LogP contribution in [0.15, 0.2) is 23.8 Å². The number of hydrogen-bond acceptors (Lipinski definition) is 5. The number of carbonyl (C=O) groups excluding carboxylic acids is 2. The Labute approximate surface area is 122 Å². The Hall–Kier alpha value is -1.46. The Kier molecular flexibility index (Phi) is 3.19. The second-order valence-corrected chi connectivity index (χ2v) is 6.16. The van der Waals surface area contributed by atoms with Gasteiger partial charge in [-0.15, -0.1) is 0 Å².